The van der Waals surface area contributed by atoms with Gasteiger partial charge in [0, 0.05) is 10.8 Å². The number of amides is 1. The van der Waals surface area contributed by atoms with E-state index in [4.69, 9.17) is 10.5 Å². The predicted molar refractivity (Wildman–Crippen MR) is 69.0 cm³/mol. The topological polar surface area (TPSA) is 86.5 Å². The van der Waals surface area contributed by atoms with E-state index in [0.717, 1.165) is 0 Å². The van der Waals surface area contributed by atoms with Crippen molar-refractivity contribution in [3.05, 3.63) is 29.8 Å². The largest absolute Gasteiger partial charge is 0.492 e. The van der Waals surface area contributed by atoms with Crippen molar-refractivity contribution in [2.45, 2.75) is 6.92 Å². The van der Waals surface area contributed by atoms with Gasteiger partial charge in [0.05, 0.1) is 17.9 Å². The van der Waals surface area contributed by atoms with Gasteiger partial charge in [-0.15, -0.1) is 0 Å². The van der Waals surface area contributed by atoms with Crippen LogP contribution in [0.2, 0.25) is 0 Å². The predicted octanol–water partition coefficient (Wildman–Crippen LogP) is 0.502. The van der Waals surface area contributed by atoms with Crippen molar-refractivity contribution in [2.24, 2.45) is 5.73 Å². The van der Waals surface area contributed by atoms with E-state index in [1.54, 1.807) is 24.3 Å². The first-order chi connectivity index (χ1) is 8.50. The summed E-state index contributed by atoms with van der Waals surface area (Å²) < 4.78 is 16.7. The average molecular weight is 269 g/mol. The van der Waals surface area contributed by atoms with E-state index in [1.165, 1.54) is 6.92 Å². The van der Waals surface area contributed by atoms with Crippen molar-refractivity contribution in [1.29, 1.82) is 0 Å². The van der Waals surface area contributed by atoms with E-state index >= 15 is 0 Å². The maximum absolute atomic E-state index is 11.3. The Morgan fingerprint density at radius 2 is 2.00 bits per heavy atom. The molecule has 1 aromatic carbocycles. The molecule has 0 fully saturated rings. The summed E-state index contributed by atoms with van der Waals surface area (Å²) in [6, 6.07) is 6.84. The van der Waals surface area contributed by atoms with Gasteiger partial charge >= 0.3 is 0 Å². The van der Waals surface area contributed by atoms with Crippen LogP contribution in [-0.2, 0) is 15.6 Å². The molecule has 1 rings (SSSR count). The molecule has 0 aliphatic heterocycles. The summed E-state index contributed by atoms with van der Waals surface area (Å²) in [5.41, 5.74) is 5.41. The standard InChI is InChI=1S/C12H15NO4S/c1-9(14)10-4-2-3-5-11(10)17-6-7-18(16)8-12(13)15/h2-5H,6-8H2,1H3,(H2,13,15). The van der Waals surface area contributed by atoms with Crippen LogP contribution >= 0.6 is 0 Å². The van der Waals surface area contributed by atoms with Crippen molar-refractivity contribution in [1.82, 2.24) is 0 Å². The summed E-state index contributed by atoms with van der Waals surface area (Å²) in [4.78, 5) is 21.8. The first-order valence-electron chi connectivity index (χ1n) is 5.36. The smallest absolute Gasteiger partial charge is 0.230 e. The zero-order valence-electron chi connectivity index (χ0n) is 10.0. The van der Waals surface area contributed by atoms with E-state index in [-0.39, 0.29) is 23.9 Å². The van der Waals surface area contributed by atoms with Crippen LogP contribution in [0.3, 0.4) is 0 Å². The lowest BCUT2D eigenvalue weighted by Gasteiger charge is -2.08. The van der Waals surface area contributed by atoms with Crippen LogP contribution < -0.4 is 10.5 Å². The number of para-hydroxylation sites is 1. The van der Waals surface area contributed by atoms with Gasteiger partial charge in [0.1, 0.15) is 11.5 Å². The third kappa shape index (κ3) is 4.67. The molecule has 0 bridgehead atoms. The second kappa shape index (κ2) is 6.90. The number of rotatable bonds is 7. The van der Waals surface area contributed by atoms with Crippen LogP contribution in [0.4, 0.5) is 0 Å². The molecule has 1 atom stereocenters. The number of Topliss-reactive ketones (excluding diaryl/α,β-unsaturated/α-hetero) is 1. The fourth-order valence-corrected chi connectivity index (χ4v) is 2.09. The van der Waals surface area contributed by atoms with Gasteiger partial charge in [-0.2, -0.15) is 0 Å². The highest BCUT2D eigenvalue weighted by Crippen LogP contribution is 2.18. The van der Waals surface area contributed by atoms with E-state index in [2.05, 4.69) is 0 Å². The monoisotopic (exact) mass is 269 g/mol. The first-order valence-corrected chi connectivity index (χ1v) is 6.85. The zero-order chi connectivity index (χ0) is 13.5. The van der Waals surface area contributed by atoms with Crippen molar-refractivity contribution >= 4 is 22.5 Å². The summed E-state index contributed by atoms with van der Waals surface area (Å²) in [5.74, 6) is -0.199. The summed E-state index contributed by atoms with van der Waals surface area (Å²) in [7, 11) is -1.33. The molecule has 0 spiro atoms. The molecule has 0 heterocycles. The lowest BCUT2D eigenvalue weighted by molar-refractivity contribution is -0.115. The Balaban J connectivity index is 2.51. The average Bonchev–Trinajstić information content (AvgIpc) is 2.28. The first kappa shape index (κ1) is 14.4. The Morgan fingerprint density at radius 3 is 2.61 bits per heavy atom. The lowest BCUT2D eigenvalue weighted by Crippen LogP contribution is -2.22. The van der Waals surface area contributed by atoms with Gasteiger partial charge in [0.15, 0.2) is 5.78 Å². The number of primary amides is 1. The van der Waals surface area contributed by atoms with Gasteiger partial charge in [-0.05, 0) is 19.1 Å². The molecule has 2 N–H and O–H groups in total. The number of ether oxygens (including phenoxy) is 1. The van der Waals surface area contributed by atoms with Gasteiger partial charge in [-0.3, -0.25) is 13.8 Å². The maximum atomic E-state index is 11.3. The highest BCUT2D eigenvalue weighted by atomic mass is 32.2. The number of ketones is 1. The Labute approximate surface area is 108 Å². The normalized spacial score (nSPS) is 11.8. The number of carbonyl (C=O) groups is 2. The third-order valence-electron chi connectivity index (χ3n) is 2.14. The minimum absolute atomic E-state index is 0.0936. The molecule has 1 amide bonds. The zero-order valence-corrected chi connectivity index (χ0v) is 10.9. The Bertz CT molecular complexity index is 473. The minimum atomic E-state index is -1.33. The molecule has 0 aromatic heterocycles. The Hall–Kier alpha value is -1.69. The van der Waals surface area contributed by atoms with Gasteiger partial charge in [-0.1, -0.05) is 12.1 Å². The quantitative estimate of drug-likeness (QED) is 0.730. The molecular formula is C12H15NO4S. The molecule has 6 heteroatoms. The van der Waals surface area contributed by atoms with Crippen LogP contribution in [-0.4, -0.2) is 34.0 Å². The van der Waals surface area contributed by atoms with Crippen LogP contribution in [0.1, 0.15) is 17.3 Å². The Kier molecular flexibility index (Phi) is 5.51. The molecule has 18 heavy (non-hydrogen) atoms. The number of hydrogen-bond donors (Lipinski definition) is 1. The summed E-state index contributed by atoms with van der Waals surface area (Å²) >= 11 is 0. The fourth-order valence-electron chi connectivity index (χ4n) is 1.36. The molecule has 0 radical (unpaired) electrons. The SMILES string of the molecule is CC(=O)c1ccccc1OCCS(=O)CC(N)=O. The van der Waals surface area contributed by atoms with Gasteiger partial charge < -0.3 is 10.5 Å². The van der Waals surface area contributed by atoms with Crippen molar-refractivity contribution in [3.63, 3.8) is 0 Å². The molecule has 0 aliphatic carbocycles. The summed E-state index contributed by atoms with van der Waals surface area (Å²) in [6.45, 7) is 1.62. The van der Waals surface area contributed by atoms with Gasteiger partial charge in [0.2, 0.25) is 5.91 Å². The highest BCUT2D eigenvalue weighted by Gasteiger charge is 2.08. The second-order valence-corrected chi connectivity index (χ2v) is 5.23. The maximum Gasteiger partial charge on any atom is 0.230 e. The van der Waals surface area contributed by atoms with Gasteiger partial charge in [-0.25, -0.2) is 0 Å². The number of nitrogens with two attached hydrogens (primary N) is 1. The molecule has 1 aromatic rings. The highest BCUT2D eigenvalue weighted by molar-refractivity contribution is 7.85. The molecule has 5 nitrogen and oxygen atoms in total. The molecule has 0 aliphatic rings. The van der Waals surface area contributed by atoms with E-state index in [9.17, 15) is 13.8 Å². The third-order valence-corrected chi connectivity index (χ3v) is 3.37. The van der Waals surface area contributed by atoms with Crippen molar-refractivity contribution in [2.75, 3.05) is 18.1 Å². The molecule has 0 saturated heterocycles. The summed E-state index contributed by atoms with van der Waals surface area (Å²) in [5, 5.41) is 0. The molecule has 0 saturated carbocycles. The minimum Gasteiger partial charge on any atom is -0.492 e. The molecule has 1 unspecified atom stereocenters. The number of carbonyl (C=O) groups excluding carboxylic acids is 2. The molecule has 98 valence electrons. The van der Waals surface area contributed by atoms with Crippen molar-refractivity contribution in [3.8, 4) is 5.75 Å². The molecular weight excluding hydrogens is 254 g/mol. The summed E-state index contributed by atoms with van der Waals surface area (Å²) in [6.07, 6.45) is 0. The van der Waals surface area contributed by atoms with Crippen molar-refractivity contribution < 1.29 is 18.5 Å². The van der Waals surface area contributed by atoms with Crippen LogP contribution in [0.25, 0.3) is 0 Å². The van der Waals surface area contributed by atoms with E-state index in [0.29, 0.717) is 11.3 Å². The van der Waals surface area contributed by atoms with Crippen LogP contribution in [0, 0.1) is 0 Å². The lowest BCUT2D eigenvalue weighted by atomic mass is 10.1. The second-order valence-electron chi connectivity index (χ2n) is 3.66. The van der Waals surface area contributed by atoms with Crippen LogP contribution in [0.15, 0.2) is 24.3 Å². The van der Waals surface area contributed by atoms with Crippen LogP contribution in [0.5, 0.6) is 5.75 Å². The number of hydrogen-bond acceptors (Lipinski definition) is 4. The van der Waals surface area contributed by atoms with E-state index < -0.39 is 16.7 Å². The van der Waals surface area contributed by atoms with E-state index in [1.807, 2.05) is 0 Å². The fraction of sp³-hybridized carbons (Fsp3) is 0.333. The van der Waals surface area contributed by atoms with Gasteiger partial charge in [0.25, 0.3) is 0 Å². The Morgan fingerprint density at radius 1 is 1.33 bits per heavy atom. The number of benzene rings is 1.